The molecule has 0 fully saturated rings. The van der Waals surface area contributed by atoms with Crippen molar-refractivity contribution >= 4 is 44.0 Å². The fourth-order valence-corrected chi connectivity index (χ4v) is 5.39. The van der Waals surface area contributed by atoms with E-state index in [-0.39, 0.29) is 11.4 Å². The molecule has 4 aromatic rings. The smallest absolute Gasteiger partial charge is 0.264 e. The molecule has 168 valence electrons. The summed E-state index contributed by atoms with van der Waals surface area (Å²) in [5.74, 6) is -0.406. The van der Waals surface area contributed by atoms with Crippen molar-refractivity contribution in [3.8, 4) is 0 Å². The lowest BCUT2D eigenvalue weighted by atomic mass is 10.1. The van der Waals surface area contributed by atoms with E-state index in [0.717, 1.165) is 20.6 Å². The molecule has 0 aliphatic rings. The van der Waals surface area contributed by atoms with Crippen LogP contribution in [0.15, 0.2) is 95.9 Å². The highest BCUT2D eigenvalue weighted by Crippen LogP contribution is 2.28. The third kappa shape index (κ3) is 5.18. The van der Waals surface area contributed by atoms with Crippen LogP contribution in [0.5, 0.6) is 0 Å². The summed E-state index contributed by atoms with van der Waals surface area (Å²) in [7, 11) is -3.97. The molecule has 0 atom stereocenters. The van der Waals surface area contributed by atoms with Crippen molar-refractivity contribution in [2.45, 2.75) is 18.4 Å². The average Bonchev–Trinajstić information content (AvgIpc) is 2.82. The Hall–Kier alpha value is -3.35. The normalized spacial score (nSPS) is 11.3. The summed E-state index contributed by atoms with van der Waals surface area (Å²) in [4.78, 5) is 13.0. The molecule has 33 heavy (non-hydrogen) atoms. The predicted octanol–water partition coefficient (Wildman–Crippen LogP) is 5.31. The van der Waals surface area contributed by atoms with Gasteiger partial charge in [0.2, 0.25) is 5.91 Å². The minimum Gasteiger partial charge on any atom is -0.350 e. The molecule has 4 aromatic carbocycles. The van der Waals surface area contributed by atoms with Crippen molar-refractivity contribution in [2.75, 3.05) is 10.8 Å². The lowest BCUT2D eigenvalue weighted by Crippen LogP contribution is -2.41. The van der Waals surface area contributed by atoms with Crippen molar-refractivity contribution in [2.24, 2.45) is 0 Å². The van der Waals surface area contributed by atoms with Gasteiger partial charge in [0.05, 0.1) is 10.6 Å². The summed E-state index contributed by atoms with van der Waals surface area (Å²) in [6, 6.07) is 26.9. The number of rotatable bonds is 7. The Balaban J connectivity index is 1.58. The number of fused-ring (bicyclic) bond motifs is 1. The molecular formula is C26H23ClN2O3S. The molecule has 0 saturated heterocycles. The van der Waals surface area contributed by atoms with Crippen LogP contribution in [0.25, 0.3) is 10.8 Å². The van der Waals surface area contributed by atoms with Gasteiger partial charge in [0.1, 0.15) is 6.54 Å². The number of halogens is 1. The van der Waals surface area contributed by atoms with Crippen molar-refractivity contribution < 1.29 is 13.2 Å². The van der Waals surface area contributed by atoms with Crippen LogP contribution < -0.4 is 9.62 Å². The maximum Gasteiger partial charge on any atom is 0.264 e. The Morgan fingerprint density at radius 3 is 2.30 bits per heavy atom. The minimum atomic E-state index is -3.97. The SMILES string of the molecule is Cc1cc(Cl)ccc1N(CC(=O)NCc1ccc2ccccc2c1)S(=O)(=O)c1ccccc1. The van der Waals surface area contributed by atoms with E-state index in [9.17, 15) is 13.2 Å². The van der Waals surface area contributed by atoms with Crippen LogP contribution in [0.4, 0.5) is 5.69 Å². The first-order valence-electron chi connectivity index (χ1n) is 10.4. The van der Waals surface area contributed by atoms with Crippen LogP contribution >= 0.6 is 11.6 Å². The first-order chi connectivity index (χ1) is 15.8. The molecule has 0 bridgehead atoms. The summed E-state index contributed by atoms with van der Waals surface area (Å²) >= 11 is 6.07. The molecular weight excluding hydrogens is 456 g/mol. The Morgan fingerprint density at radius 1 is 0.879 bits per heavy atom. The molecule has 0 aliphatic carbocycles. The quantitative estimate of drug-likeness (QED) is 0.391. The molecule has 7 heteroatoms. The van der Waals surface area contributed by atoms with E-state index in [1.54, 1.807) is 43.3 Å². The molecule has 4 rings (SSSR count). The number of aryl methyl sites for hydroxylation is 1. The highest BCUT2D eigenvalue weighted by molar-refractivity contribution is 7.92. The maximum atomic E-state index is 13.4. The second-order valence-electron chi connectivity index (χ2n) is 7.71. The van der Waals surface area contributed by atoms with Gasteiger partial charge in [-0.2, -0.15) is 0 Å². The first-order valence-corrected chi connectivity index (χ1v) is 12.2. The van der Waals surface area contributed by atoms with Gasteiger partial charge in [0.15, 0.2) is 0 Å². The van der Waals surface area contributed by atoms with Crippen molar-refractivity contribution in [1.82, 2.24) is 5.32 Å². The number of anilines is 1. The van der Waals surface area contributed by atoms with Crippen LogP contribution in [0.1, 0.15) is 11.1 Å². The zero-order valence-corrected chi connectivity index (χ0v) is 19.6. The summed E-state index contributed by atoms with van der Waals surface area (Å²) in [6.45, 7) is 1.71. The van der Waals surface area contributed by atoms with E-state index in [2.05, 4.69) is 5.32 Å². The highest BCUT2D eigenvalue weighted by Gasteiger charge is 2.28. The van der Waals surface area contributed by atoms with Gasteiger partial charge in [-0.3, -0.25) is 9.10 Å². The molecule has 0 heterocycles. The summed E-state index contributed by atoms with van der Waals surface area (Å²) in [6.07, 6.45) is 0. The number of nitrogens with zero attached hydrogens (tertiary/aromatic N) is 1. The topological polar surface area (TPSA) is 66.5 Å². The van der Waals surface area contributed by atoms with Crippen molar-refractivity contribution in [1.29, 1.82) is 0 Å². The number of hydrogen-bond acceptors (Lipinski definition) is 3. The van der Waals surface area contributed by atoms with Crippen molar-refractivity contribution in [3.63, 3.8) is 0 Å². The van der Waals surface area contributed by atoms with E-state index in [1.165, 1.54) is 12.1 Å². The largest absolute Gasteiger partial charge is 0.350 e. The third-order valence-electron chi connectivity index (χ3n) is 5.35. The number of nitrogens with one attached hydrogen (secondary N) is 1. The molecule has 1 N–H and O–H groups in total. The second kappa shape index (κ2) is 9.65. The minimum absolute atomic E-state index is 0.113. The van der Waals surface area contributed by atoms with Gasteiger partial charge in [-0.05, 0) is 65.2 Å². The fraction of sp³-hybridized carbons (Fsp3) is 0.115. The van der Waals surface area contributed by atoms with E-state index in [1.807, 2.05) is 42.5 Å². The van der Waals surface area contributed by atoms with Crippen LogP contribution in [0.2, 0.25) is 5.02 Å². The number of carbonyl (C=O) groups excluding carboxylic acids is 1. The molecule has 0 aliphatic heterocycles. The predicted molar refractivity (Wildman–Crippen MR) is 133 cm³/mol. The fourth-order valence-electron chi connectivity index (χ4n) is 3.65. The number of carbonyl (C=O) groups is 1. The second-order valence-corrected chi connectivity index (χ2v) is 10.0. The van der Waals surface area contributed by atoms with Gasteiger partial charge < -0.3 is 5.32 Å². The number of hydrogen-bond donors (Lipinski definition) is 1. The maximum absolute atomic E-state index is 13.4. The van der Waals surface area contributed by atoms with Gasteiger partial charge in [-0.15, -0.1) is 0 Å². The monoisotopic (exact) mass is 478 g/mol. The summed E-state index contributed by atoms with van der Waals surface area (Å²) in [5, 5.41) is 5.54. The Kier molecular flexibility index (Phi) is 6.67. The first kappa shape index (κ1) is 22.8. The summed E-state index contributed by atoms with van der Waals surface area (Å²) in [5.41, 5.74) is 2.00. The van der Waals surface area contributed by atoms with Gasteiger partial charge in [-0.25, -0.2) is 8.42 Å². The van der Waals surface area contributed by atoms with Gasteiger partial charge >= 0.3 is 0 Å². The number of benzene rings is 4. The molecule has 0 radical (unpaired) electrons. The van der Waals surface area contributed by atoms with Crippen LogP contribution in [0.3, 0.4) is 0 Å². The van der Waals surface area contributed by atoms with E-state index in [4.69, 9.17) is 11.6 Å². The summed E-state index contributed by atoms with van der Waals surface area (Å²) < 4.78 is 28.0. The number of sulfonamides is 1. The molecule has 0 saturated carbocycles. The van der Waals surface area contributed by atoms with Crippen LogP contribution in [-0.2, 0) is 21.4 Å². The van der Waals surface area contributed by atoms with E-state index >= 15 is 0 Å². The molecule has 0 aromatic heterocycles. The standard InChI is InChI=1S/C26H23ClN2O3S/c1-19-15-23(27)13-14-25(19)29(33(31,32)24-9-3-2-4-10-24)18-26(30)28-17-20-11-12-21-7-5-6-8-22(21)16-20/h2-16H,17-18H2,1H3,(H,28,30). The molecule has 0 spiro atoms. The van der Waals surface area contributed by atoms with E-state index < -0.39 is 15.9 Å². The van der Waals surface area contributed by atoms with Gasteiger partial charge in [0, 0.05) is 11.6 Å². The van der Waals surface area contributed by atoms with Crippen LogP contribution in [0, 0.1) is 6.92 Å². The van der Waals surface area contributed by atoms with Crippen LogP contribution in [-0.4, -0.2) is 20.9 Å². The van der Waals surface area contributed by atoms with Gasteiger partial charge in [-0.1, -0.05) is 66.2 Å². The van der Waals surface area contributed by atoms with Crippen molar-refractivity contribution in [3.05, 3.63) is 107 Å². The highest BCUT2D eigenvalue weighted by atomic mass is 35.5. The average molecular weight is 479 g/mol. The molecule has 5 nitrogen and oxygen atoms in total. The number of amides is 1. The lowest BCUT2D eigenvalue weighted by molar-refractivity contribution is -0.119. The Morgan fingerprint density at radius 2 is 1.58 bits per heavy atom. The zero-order valence-electron chi connectivity index (χ0n) is 18.0. The third-order valence-corrected chi connectivity index (χ3v) is 7.36. The Labute approximate surface area is 198 Å². The van der Waals surface area contributed by atoms with Gasteiger partial charge in [0.25, 0.3) is 10.0 Å². The molecule has 1 amide bonds. The lowest BCUT2D eigenvalue weighted by Gasteiger charge is -2.25. The Bertz CT molecular complexity index is 1410. The van der Waals surface area contributed by atoms with E-state index in [0.29, 0.717) is 22.8 Å². The zero-order chi connectivity index (χ0) is 23.4. The molecule has 0 unspecified atom stereocenters.